The lowest BCUT2D eigenvalue weighted by molar-refractivity contribution is 0.00207. The number of halogens is 1. The first-order chi connectivity index (χ1) is 9.80. The van der Waals surface area contributed by atoms with Crippen molar-refractivity contribution in [2.24, 2.45) is 10.6 Å². The van der Waals surface area contributed by atoms with E-state index in [2.05, 4.69) is 0 Å². The molecule has 1 fully saturated rings. The van der Waals surface area contributed by atoms with Crippen molar-refractivity contribution in [3.63, 3.8) is 0 Å². The largest absolute Gasteiger partial charge is 0.493 e. The van der Waals surface area contributed by atoms with Crippen LogP contribution in [0.5, 0.6) is 5.75 Å². The Labute approximate surface area is 124 Å². The molecule has 0 saturated carbocycles. The smallest absolute Gasteiger partial charge is 0.209 e. The molecule has 5 nitrogen and oxygen atoms in total. The lowest BCUT2D eigenvalue weighted by atomic mass is 9.83. The Balaban J connectivity index is 2.10. The van der Waals surface area contributed by atoms with Gasteiger partial charge < -0.3 is 9.47 Å². The number of aryl methyl sites for hydroxylation is 1. The van der Waals surface area contributed by atoms with Crippen LogP contribution in [0.1, 0.15) is 18.4 Å². The highest BCUT2D eigenvalue weighted by Gasteiger charge is 2.37. The molecule has 21 heavy (non-hydrogen) atoms. The van der Waals surface area contributed by atoms with Crippen LogP contribution in [0, 0.1) is 18.2 Å². The van der Waals surface area contributed by atoms with E-state index in [0.717, 1.165) is 0 Å². The number of hydrogen-bond donors (Lipinski definition) is 1. The quantitative estimate of drug-likeness (QED) is 0.894. The molecule has 0 spiro atoms. The number of primary sulfonamides is 1. The Morgan fingerprint density at radius 1 is 1.38 bits per heavy atom. The van der Waals surface area contributed by atoms with Crippen LogP contribution >= 0.6 is 0 Å². The maximum absolute atomic E-state index is 13.2. The Bertz CT molecular complexity index is 597. The highest BCUT2D eigenvalue weighted by Crippen LogP contribution is 2.33. The fourth-order valence-electron chi connectivity index (χ4n) is 2.50. The molecule has 7 heteroatoms. The van der Waals surface area contributed by atoms with Crippen molar-refractivity contribution in [1.29, 1.82) is 0 Å². The van der Waals surface area contributed by atoms with E-state index in [1.54, 1.807) is 13.0 Å². The predicted molar refractivity (Wildman–Crippen MR) is 77.1 cm³/mol. The summed E-state index contributed by atoms with van der Waals surface area (Å²) in [4.78, 5) is 0. The number of hydrogen-bond acceptors (Lipinski definition) is 4. The van der Waals surface area contributed by atoms with Gasteiger partial charge in [0, 0.05) is 18.6 Å². The van der Waals surface area contributed by atoms with Crippen LogP contribution in [0.4, 0.5) is 4.39 Å². The summed E-state index contributed by atoms with van der Waals surface area (Å²) in [5.41, 5.74) is -0.0614. The van der Waals surface area contributed by atoms with Crippen molar-refractivity contribution in [2.75, 3.05) is 25.6 Å². The summed E-state index contributed by atoms with van der Waals surface area (Å²) in [6, 6.07) is 4.46. The molecular weight excluding hydrogens is 297 g/mol. The SMILES string of the molecule is Cc1cc(OCC2(CS(N)(=O)=O)CCOCC2)ccc1F. The fraction of sp³-hybridized carbons (Fsp3) is 0.571. The molecule has 0 radical (unpaired) electrons. The third-order valence-corrected chi connectivity index (χ3v) is 4.75. The molecule has 1 aromatic rings. The van der Waals surface area contributed by atoms with E-state index in [1.807, 2.05) is 0 Å². The molecule has 2 rings (SSSR count). The van der Waals surface area contributed by atoms with Gasteiger partial charge in [-0.15, -0.1) is 0 Å². The molecule has 0 atom stereocenters. The summed E-state index contributed by atoms with van der Waals surface area (Å²) in [5.74, 6) is 0.0886. The molecule has 0 aromatic heterocycles. The first-order valence-electron chi connectivity index (χ1n) is 6.77. The van der Waals surface area contributed by atoms with E-state index in [9.17, 15) is 12.8 Å². The zero-order valence-corrected chi connectivity index (χ0v) is 12.8. The molecule has 1 aliphatic rings. The minimum atomic E-state index is -3.60. The first kappa shape index (κ1) is 16.2. The molecule has 1 saturated heterocycles. The molecule has 1 aliphatic heterocycles. The maximum atomic E-state index is 13.2. The van der Waals surface area contributed by atoms with Gasteiger partial charge in [0.25, 0.3) is 0 Å². The van der Waals surface area contributed by atoms with Gasteiger partial charge in [-0.25, -0.2) is 17.9 Å². The fourth-order valence-corrected chi connectivity index (χ4v) is 3.73. The van der Waals surface area contributed by atoms with Crippen LogP contribution < -0.4 is 9.88 Å². The minimum absolute atomic E-state index is 0.135. The van der Waals surface area contributed by atoms with Gasteiger partial charge in [0.1, 0.15) is 11.6 Å². The number of benzene rings is 1. The van der Waals surface area contributed by atoms with Crippen molar-refractivity contribution in [3.8, 4) is 5.75 Å². The first-order valence-corrected chi connectivity index (χ1v) is 8.48. The maximum Gasteiger partial charge on any atom is 0.209 e. The van der Waals surface area contributed by atoms with Crippen molar-refractivity contribution in [3.05, 3.63) is 29.6 Å². The topological polar surface area (TPSA) is 78.6 Å². The van der Waals surface area contributed by atoms with Crippen molar-refractivity contribution in [1.82, 2.24) is 0 Å². The monoisotopic (exact) mass is 317 g/mol. The highest BCUT2D eigenvalue weighted by molar-refractivity contribution is 7.89. The predicted octanol–water partition coefficient (Wildman–Crippen LogP) is 1.60. The van der Waals surface area contributed by atoms with Gasteiger partial charge in [0.15, 0.2) is 0 Å². The third kappa shape index (κ3) is 4.66. The third-order valence-electron chi connectivity index (χ3n) is 3.74. The van der Waals surface area contributed by atoms with Crippen molar-refractivity contribution < 1.29 is 22.3 Å². The molecule has 0 bridgehead atoms. The van der Waals surface area contributed by atoms with Gasteiger partial charge in [-0.05, 0) is 43.5 Å². The molecule has 118 valence electrons. The molecule has 0 unspecified atom stereocenters. The molecular formula is C14H20FNO4S. The van der Waals surface area contributed by atoms with Crippen LogP contribution in [0.25, 0.3) is 0 Å². The summed E-state index contributed by atoms with van der Waals surface area (Å²) in [7, 11) is -3.60. The molecule has 1 aromatic carbocycles. The highest BCUT2D eigenvalue weighted by atomic mass is 32.2. The lowest BCUT2D eigenvalue weighted by Crippen LogP contribution is -2.42. The van der Waals surface area contributed by atoms with Gasteiger partial charge in [0.05, 0.1) is 12.4 Å². The summed E-state index contributed by atoms with van der Waals surface area (Å²) in [5, 5.41) is 5.19. The van der Waals surface area contributed by atoms with Crippen LogP contribution in [0.15, 0.2) is 18.2 Å². The number of sulfonamides is 1. The Morgan fingerprint density at radius 3 is 2.62 bits per heavy atom. The van der Waals surface area contributed by atoms with Crippen LogP contribution in [0.3, 0.4) is 0 Å². The second-order valence-corrected chi connectivity index (χ2v) is 7.23. The summed E-state index contributed by atoms with van der Waals surface area (Å²) in [6.07, 6.45) is 1.15. The van der Waals surface area contributed by atoms with Gasteiger partial charge in [-0.1, -0.05) is 0 Å². The Morgan fingerprint density at radius 2 is 2.05 bits per heavy atom. The molecule has 1 heterocycles. The summed E-state index contributed by atoms with van der Waals surface area (Å²) < 4.78 is 47.1. The average molecular weight is 317 g/mol. The van der Waals surface area contributed by atoms with E-state index in [4.69, 9.17) is 14.6 Å². The Hall–Kier alpha value is -1.18. The van der Waals surface area contributed by atoms with Crippen molar-refractivity contribution >= 4 is 10.0 Å². The van der Waals surface area contributed by atoms with Gasteiger partial charge in [-0.3, -0.25) is 0 Å². The van der Waals surface area contributed by atoms with E-state index in [0.29, 0.717) is 37.4 Å². The zero-order valence-electron chi connectivity index (χ0n) is 12.0. The van der Waals surface area contributed by atoms with Gasteiger partial charge >= 0.3 is 0 Å². The average Bonchev–Trinajstić information content (AvgIpc) is 2.39. The van der Waals surface area contributed by atoms with Gasteiger partial charge in [-0.2, -0.15) is 0 Å². The number of rotatable bonds is 5. The van der Waals surface area contributed by atoms with E-state index in [1.165, 1.54) is 12.1 Å². The van der Waals surface area contributed by atoms with Crippen LogP contribution in [-0.2, 0) is 14.8 Å². The lowest BCUT2D eigenvalue weighted by Gasteiger charge is -2.36. The number of ether oxygens (including phenoxy) is 2. The summed E-state index contributed by atoms with van der Waals surface area (Å²) >= 11 is 0. The standard InChI is InChI=1S/C14H20FNO4S/c1-11-8-12(2-3-13(11)15)20-9-14(10-21(16,17)18)4-6-19-7-5-14/h2-3,8H,4-7,9-10H2,1H3,(H2,16,17,18). The van der Waals surface area contributed by atoms with E-state index < -0.39 is 15.4 Å². The second-order valence-electron chi connectivity index (χ2n) is 5.62. The van der Waals surface area contributed by atoms with E-state index in [-0.39, 0.29) is 18.2 Å². The molecule has 2 N–H and O–H groups in total. The minimum Gasteiger partial charge on any atom is -0.493 e. The van der Waals surface area contributed by atoms with Crippen LogP contribution in [-0.4, -0.2) is 34.0 Å². The van der Waals surface area contributed by atoms with E-state index >= 15 is 0 Å². The van der Waals surface area contributed by atoms with Gasteiger partial charge in [0.2, 0.25) is 10.0 Å². The second kappa shape index (κ2) is 6.29. The number of nitrogens with two attached hydrogens (primary N) is 1. The van der Waals surface area contributed by atoms with Crippen molar-refractivity contribution in [2.45, 2.75) is 19.8 Å². The normalized spacial score (nSPS) is 18.4. The zero-order chi connectivity index (χ0) is 15.5. The molecule has 0 aliphatic carbocycles. The Kier molecular flexibility index (Phi) is 4.85. The van der Waals surface area contributed by atoms with Crippen LogP contribution in [0.2, 0.25) is 0 Å². The summed E-state index contributed by atoms with van der Waals surface area (Å²) in [6.45, 7) is 2.84. The molecule has 0 amide bonds.